The maximum absolute atomic E-state index is 6.79. The van der Waals surface area contributed by atoms with Crippen LogP contribution in [0.2, 0.25) is 0 Å². The van der Waals surface area contributed by atoms with Gasteiger partial charge < -0.3 is 18.6 Å². The van der Waals surface area contributed by atoms with Gasteiger partial charge in [-0.15, -0.1) is 0 Å². The van der Waals surface area contributed by atoms with E-state index in [9.17, 15) is 0 Å². The van der Waals surface area contributed by atoms with E-state index in [1.54, 1.807) is 0 Å². The summed E-state index contributed by atoms with van der Waals surface area (Å²) in [6, 6.07) is 95.4. The van der Waals surface area contributed by atoms with Crippen LogP contribution in [0, 0.1) is 0 Å². The molecule has 2 aromatic heterocycles. The minimum atomic E-state index is 0.831. The van der Waals surface area contributed by atoms with E-state index in [0.29, 0.717) is 0 Å². The molecule has 0 aliphatic heterocycles. The van der Waals surface area contributed by atoms with Crippen LogP contribution in [0.25, 0.3) is 98.8 Å². The highest BCUT2D eigenvalue weighted by atomic mass is 16.3. The molecule has 0 aliphatic rings. The molecule has 338 valence electrons. The van der Waals surface area contributed by atoms with E-state index >= 15 is 0 Å². The second-order valence-corrected chi connectivity index (χ2v) is 18.4. The fraction of sp³-hybridized carbons (Fsp3) is 0. The van der Waals surface area contributed by atoms with Gasteiger partial charge in [0.1, 0.15) is 11.2 Å². The Hall–Kier alpha value is -9.64. The number of anilines is 6. The van der Waals surface area contributed by atoms with E-state index < -0.39 is 0 Å². The summed E-state index contributed by atoms with van der Waals surface area (Å²) in [4.78, 5) is 4.69. The van der Waals surface area contributed by atoms with Gasteiger partial charge in [0, 0.05) is 44.2 Å². The summed E-state index contributed by atoms with van der Waals surface area (Å²) in [6.07, 6.45) is 0. The maximum atomic E-state index is 6.79. The number of hydrogen-bond donors (Lipinski definition) is 0. The Balaban J connectivity index is 0.933. The van der Waals surface area contributed by atoms with Gasteiger partial charge in [-0.1, -0.05) is 194 Å². The molecule has 72 heavy (non-hydrogen) atoms. The molecule has 0 unspecified atom stereocenters. The molecular formula is C68H44N2O2. The minimum Gasteiger partial charge on any atom is -0.454 e. The van der Waals surface area contributed by atoms with Crippen molar-refractivity contribution in [1.29, 1.82) is 0 Å². The van der Waals surface area contributed by atoms with Crippen LogP contribution in [0.15, 0.2) is 276 Å². The lowest BCUT2D eigenvalue weighted by Crippen LogP contribution is -2.12. The summed E-state index contributed by atoms with van der Waals surface area (Å²) in [5, 5.41) is 9.23. The van der Waals surface area contributed by atoms with Gasteiger partial charge in [0.2, 0.25) is 0 Å². The predicted octanol–water partition coefficient (Wildman–Crippen LogP) is 19.7. The second-order valence-electron chi connectivity index (χ2n) is 18.4. The van der Waals surface area contributed by atoms with Crippen molar-refractivity contribution in [3.05, 3.63) is 267 Å². The minimum absolute atomic E-state index is 0.831. The highest BCUT2D eigenvalue weighted by Crippen LogP contribution is 2.48. The van der Waals surface area contributed by atoms with Crippen molar-refractivity contribution in [2.75, 3.05) is 9.80 Å². The van der Waals surface area contributed by atoms with Crippen molar-refractivity contribution < 1.29 is 8.83 Å². The second kappa shape index (κ2) is 17.1. The number of para-hydroxylation sites is 5. The van der Waals surface area contributed by atoms with E-state index in [4.69, 9.17) is 8.83 Å². The molecule has 0 aliphatic carbocycles. The number of nitrogens with zero attached hydrogens (tertiary/aromatic N) is 2. The Morgan fingerprint density at radius 1 is 0.236 bits per heavy atom. The van der Waals surface area contributed by atoms with E-state index in [0.717, 1.165) is 100 Å². The molecule has 4 heteroatoms. The Morgan fingerprint density at radius 2 is 0.722 bits per heavy atom. The van der Waals surface area contributed by atoms with Gasteiger partial charge in [0.25, 0.3) is 0 Å². The van der Waals surface area contributed by atoms with Crippen LogP contribution < -0.4 is 9.80 Å². The van der Waals surface area contributed by atoms with Crippen LogP contribution in [0.1, 0.15) is 0 Å². The zero-order valence-corrected chi connectivity index (χ0v) is 39.1. The fourth-order valence-corrected chi connectivity index (χ4v) is 10.8. The quantitative estimate of drug-likeness (QED) is 0.144. The average Bonchev–Trinajstić information content (AvgIpc) is 4.03. The van der Waals surface area contributed by atoms with Gasteiger partial charge in [-0.2, -0.15) is 0 Å². The van der Waals surface area contributed by atoms with Gasteiger partial charge in [0.15, 0.2) is 11.2 Å². The third-order valence-corrected chi connectivity index (χ3v) is 14.2. The average molecular weight is 921 g/mol. The topological polar surface area (TPSA) is 32.8 Å². The van der Waals surface area contributed by atoms with Crippen molar-refractivity contribution in [2.45, 2.75) is 0 Å². The Bertz CT molecular complexity index is 4350. The van der Waals surface area contributed by atoms with Crippen molar-refractivity contribution in [1.82, 2.24) is 0 Å². The lowest BCUT2D eigenvalue weighted by atomic mass is 9.97. The standard InChI is InChI=1S/C68H44N2O2/c1-2-17-49-43-50(34-33-45(49)15-1)46-35-39-53(40-36-46)70(64-30-14-27-61-59-24-7-10-32-66(59)72-68(61)64)62-28-8-5-22-57(62)51-19-11-20-54(44-51)69(63-29-13-26-60-58-23-6-9-31-65(58)71-67(60)63)52-41-37-48(38-42-52)56-25-12-18-47-16-3-4-21-55(47)56/h1-44H. The van der Waals surface area contributed by atoms with Gasteiger partial charge in [-0.3, -0.25) is 0 Å². The molecule has 2 heterocycles. The Labute approximate surface area is 416 Å². The molecule has 0 radical (unpaired) electrons. The summed E-state index contributed by atoms with van der Waals surface area (Å²) in [5.74, 6) is 0. The van der Waals surface area contributed by atoms with E-state index in [1.165, 1.54) is 32.7 Å². The SMILES string of the molecule is c1cc(-c2ccccc2N(c2ccc(-c3ccc4ccccc4c3)cc2)c2cccc3c2oc2ccccc23)cc(N(c2ccc(-c3cccc4ccccc34)cc2)c2cccc3c2oc2ccccc23)c1. The first-order chi connectivity index (χ1) is 35.7. The summed E-state index contributed by atoms with van der Waals surface area (Å²) in [5.41, 5.74) is 16.2. The van der Waals surface area contributed by atoms with Crippen LogP contribution in [-0.2, 0) is 0 Å². The van der Waals surface area contributed by atoms with Crippen molar-refractivity contribution in [3.63, 3.8) is 0 Å². The Kier molecular flexibility index (Phi) is 9.82. The van der Waals surface area contributed by atoms with Crippen LogP contribution in [0.4, 0.5) is 34.1 Å². The molecule has 0 saturated carbocycles. The molecule has 0 spiro atoms. The van der Waals surface area contributed by atoms with Gasteiger partial charge in [-0.25, -0.2) is 0 Å². The van der Waals surface area contributed by atoms with E-state index in [-0.39, 0.29) is 0 Å². The molecule has 0 N–H and O–H groups in total. The first-order valence-corrected chi connectivity index (χ1v) is 24.5. The molecule has 0 fully saturated rings. The van der Waals surface area contributed by atoms with Crippen molar-refractivity contribution in [2.24, 2.45) is 0 Å². The predicted molar refractivity (Wildman–Crippen MR) is 302 cm³/mol. The third kappa shape index (κ3) is 7.00. The number of rotatable bonds is 9. The summed E-state index contributed by atoms with van der Waals surface area (Å²) < 4.78 is 13.6. The van der Waals surface area contributed by atoms with Crippen molar-refractivity contribution >= 4 is 99.5 Å². The monoisotopic (exact) mass is 920 g/mol. The number of hydrogen-bond acceptors (Lipinski definition) is 4. The van der Waals surface area contributed by atoms with Crippen molar-refractivity contribution in [3.8, 4) is 33.4 Å². The third-order valence-electron chi connectivity index (χ3n) is 14.2. The molecule has 0 saturated heterocycles. The molecule has 0 atom stereocenters. The largest absolute Gasteiger partial charge is 0.454 e. The summed E-state index contributed by atoms with van der Waals surface area (Å²) >= 11 is 0. The maximum Gasteiger partial charge on any atom is 0.159 e. The molecule has 4 nitrogen and oxygen atoms in total. The van der Waals surface area contributed by atoms with E-state index in [2.05, 4.69) is 265 Å². The van der Waals surface area contributed by atoms with Gasteiger partial charge in [0.05, 0.1) is 17.1 Å². The molecule has 12 aromatic carbocycles. The van der Waals surface area contributed by atoms with Gasteiger partial charge in [-0.05, 0) is 122 Å². The molecule has 14 rings (SSSR count). The fourth-order valence-electron chi connectivity index (χ4n) is 10.8. The molecule has 14 aromatic rings. The normalized spacial score (nSPS) is 11.6. The van der Waals surface area contributed by atoms with Crippen LogP contribution in [-0.4, -0.2) is 0 Å². The summed E-state index contributed by atoms with van der Waals surface area (Å²) in [7, 11) is 0. The number of furan rings is 2. The smallest absolute Gasteiger partial charge is 0.159 e. The van der Waals surface area contributed by atoms with Crippen LogP contribution in [0.5, 0.6) is 0 Å². The highest BCUT2D eigenvalue weighted by Gasteiger charge is 2.24. The molecule has 0 amide bonds. The first kappa shape index (κ1) is 41.3. The zero-order chi connectivity index (χ0) is 47.5. The first-order valence-electron chi connectivity index (χ1n) is 24.5. The van der Waals surface area contributed by atoms with Crippen LogP contribution in [0.3, 0.4) is 0 Å². The van der Waals surface area contributed by atoms with E-state index in [1.807, 2.05) is 12.1 Å². The molecule has 0 bridgehead atoms. The van der Waals surface area contributed by atoms with Crippen LogP contribution >= 0.6 is 0 Å². The van der Waals surface area contributed by atoms with Gasteiger partial charge >= 0.3 is 0 Å². The highest BCUT2D eigenvalue weighted by molar-refractivity contribution is 6.12. The zero-order valence-electron chi connectivity index (χ0n) is 39.1. The molecular weight excluding hydrogens is 877 g/mol. The number of benzene rings is 12. The number of fused-ring (bicyclic) bond motifs is 8. The lowest BCUT2D eigenvalue weighted by molar-refractivity contribution is 0.668. The lowest BCUT2D eigenvalue weighted by Gasteiger charge is -2.29. The summed E-state index contributed by atoms with van der Waals surface area (Å²) in [6.45, 7) is 0. The Morgan fingerprint density at radius 3 is 1.44 bits per heavy atom.